The van der Waals surface area contributed by atoms with Crippen LogP contribution in [0.5, 0.6) is 0 Å². The SMILES string of the molecule is O=C([O-])c1ccc(-n2nc([S-])sc2=S)cc1.[K+].[K+]. The molecule has 18 heavy (non-hydrogen) atoms. The average molecular weight is 347 g/mol. The van der Waals surface area contributed by atoms with Crippen molar-refractivity contribution in [3.05, 3.63) is 33.8 Å². The number of carboxylic acid groups (broad SMARTS) is 1. The van der Waals surface area contributed by atoms with E-state index in [4.69, 9.17) is 24.8 Å². The van der Waals surface area contributed by atoms with E-state index in [-0.39, 0.29) is 108 Å². The molecule has 1 aromatic heterocycles. The number of aromatic nitrogens is 2. The summed E-state index contributed by atoms with van der Waals surface area (Å²) in [6.45, 7) is 0. The normalized spacial score (nSPS) is 9.11. The molecular weight excluding hydrogens is 343 g/mol. The molecule has 0 atom stereocenters. The zero-order valence-corrected chi connectivity index (χ0v) is 18.4. The standard InChI is InChI=1S/C9H6N2O2S3.2K/c12-7(13)5-1-3-6(4-2-5)11-9(15)16-8(14)10-11;;/h1-4H,(H,10,14)(H,12,13);;/q;2*+1/p-2. The smallest absolute Gasteiger partial charge is 0.545 e. The molecule has 0 fully saturated rings. The van der Waals surface area contributed by atoms with E-state index in [2.05, 4.69) is 5.10 Å². The number of carbonyl (C=O) groups excluding carboxylic acids is 1. The Morgan fingerprint density at radius 3 is 2.28 bits per heavy atom. The van der Waals surface area contributed by atoms with Crippen molar-refractivity contribution in [2.24, 2.45) is 0 Å². The maximum absolute atomic E-state index is 10.6. The fourth-order valence-corrected chi connectivity index (χ4v) is 2.53. The van der Waals surface area contributed by atoms with Crippen molar-refractivity contribution in [1.29, 1.82) is 0 Å². The van der Waals surface area contributed by atoms with E-state index in [1.807, 2.05) is 0 Å². The van der Waals surface area contributed by atoms with Crippen molar-refractivity contribution in [2.45, 2.75) is 4.34 Å². The first kappa shape index (κ1) is 20.0. The predicted molar refractivity (Wildman–Crippen MR) is 62.2 cm³/mol. The van der Waals surface area contributed by atoms with Gasteiger partial charge in [0.2, 0.25) is 0 Å². The van der Waals surface area contributed by atoms with Crippen LogP contribution in [0.4, 0.5) is 0 Å². The summed E-state index contributed by atoms with van der Waals surface area (Å²) >= 11 is 11.2. The maximum atomic E-state index is 10.6. The van der Waals surface area contributed by atoms with Crippen LogP contribution in [0.25, 0.3) is 5.69 Å². The topological polar surface area (TPSA) is 57.9 Å². The third-order valence-corrected chi connectivity index (χ3v) is 3.24. The molecule has 0 radical (unpaired) electrons. The van der Waals surface area contributed by atoms with Gasteiger partial charge >= 0.3 is 103 Å². The van der Waals surface area contributed by atoms with Crippen molar-refractivity contribution in [1.82, 2.24) is 9.78 Å². The molecular formula is C9H4K2N2O2S3. The molecule has 0 saturated carbocycles. The summed E-state index contributed by atoms with van der Waals surface area (Å²) in [5.74, 6) is -1.21. The number of rotatable bonds is 2. The molecule has 0 bridgehead atoms. The fraction of sp³-hybridized carbons (Fsp3) is 0. The van der Waals surface area contributed by atoms with Gasteiger partial charge in [0.1, 0.15) is 0 Å². The molecule has 1 heterocycles. The Bertz CT molecular complexity index is 595. The van der Waals surface area contributed by atoms with Gasteiger partial charge in [0, 0.05) is 0 Å². The van der Waals surface area contributed by atoms with Crippen LogP contribution < -0.4 is 108 Å². The van der Waals surface area contributed by atoms with Gasteiger partial charge in [-0.2, -0.15) is 5.10 Å². The van der Waals surface area contributed by atoms with Crippen molar-refractivity contribution >= 4 is 42.2 Å². The Kier molecular flexibility index (Phi) is 10.1. The minimum absolute atomic E-state index is 0. The Labute approximate surface area is 203 Å². The molecule has 0 amide bonds. The third kappa shape index (κ3) is 5.06. The van der Waals surface area contributed by atoms with Crippen LogP contribution in [0.3, 0.4) is 0 Å². The first-order valence-corrected chi connectivity index (χ1v) is 5.80. The second-order valence-electron chi connectivity index (χ2n) is 2.88. The predicted octanol–water partition coefficient (Wildman–Crippen LogP) is -5.06. The monoisotopic (exact) mass is 346 g/mol. The van der Waals surface area contributed by atoms with Gasteiger partial charge in [0.15, 0.2) is 0 Å². The van der Waals surface area contributed by atoms with Crippen LogP contribution in [0, 0.1) is 3.95 Å². The van der Waals surface area contributed by atoms with Crippen LogP contribution in [-0.4, -0.2) is 15.7 Å². The van der Waals surface area contributed by atoms with Gasteiger partial charge in [0.05, 0.1) is 15.6 Å². The van der Waals surface area contributed by atoms with Crippen LogP contribution in [-0.2, 0) is 12.6 Å². The van der Waals surface area contributed by atoms with Crippen molar-refractivity contribution < 1.29 is 113 Å². The Morgan fingerprint density at radius 2 is 1.89 bits per heavy atom. The summed E-state index contributed by atoms with van der Waals surface area (Å²) in [6, 6.07) is 6.09. The van der Waals surface area contributed by atoms with Gasteiger partial charge in [-0.15, -0.1) is 0 Å². The van der Waals surface area contributed by atoms with E-state index >= 15 is 0 Å². The van der Waals surface area contributed by atoms with Gasteiger partial charge in [-0.25, -0.2) is 4.68 Å². The van der Waals surface area contributed by atoms with E-state index in [0.717, 1.165) is 0 Å². The molecule has 0 aliphatic rings. The molecule has 4 nitrogen and oxygen atoms in total. The molecule has 1 aromatic carbocycles. The number of hydrogen-bond donors (Lipinski definition) is 0. The second kappa shape index (κ2) is 9.08. The molecule has 0 aliphatic carbocycles. The fourth-order valence-electron chi connectivity index (χ4n) is 1.16. The van der Waals surface area contributed by atoms with Gasteiger partial charge < -0.3 is 33.9 Å². The minimum atomic E-state index is -1.21. The average Bonchev–Trinajstić information content (AvgIpc) is 2.58. The minimum Gasteiger partial charge on any atom is -0.545 e. The van der Waals surface area contributed by atoms with Crippen LogP contribution in [0.2, 0.25) is 0 Å². The van der Waals surface area contributed by atoms with Crippen molar-refractivity contribution in [3.8, 4) is 5.69 Å². The summed E-state index contributed by atoms with van der Waals surface area (Å²) in [7, 11) is 0. The second-order valence-corrected chi connectivity index (χ2v) is 5.15. The third-order valence-electron chi connectivity index (χ3n) is 1.88. The molecule has 2 rings (SSSR count). The van der Waals surface area contributed by atoms with Gasteiger partial charge in [-0.1, -0.05) is 24.4 Å². The van der Waals surface area contributed by atoms with E-state index < -0.39 is 5.97 Å². The Morgan fingerprint density at radius 1 is 1.33 bits per heavy atom. The summed E-state index contributed by atoms with van der Waals surface area (Å²) in [5, 5.41) is 14.6. The van der Waals surface area contributed by atoms with Gasteiger partial charge in [-0.05, 0) is 22.0 Å². The Hall–Kier alpha value is 1.96. The molecule has 0 unspecified atom stereocenters. The van der Waals surface area contributed by atoms with Gasteiger partial charge in [-0.3, -0.25) is 0 Å². The first-order chi connectivity index (χ1) is 7.58. The van der Waals surface area contributed by atoms with Crippen LogP contribution in [0.1, 0.15) is 10.4 Å². The quantitative estimate of drug-likeness (QED) is 0.309. The number of carboxylic acids is 1. The largest absolute Gasteiger partial charge is 1.00 e. The zero-order chi connectivity index (χ0) is 11.7. The van der Waals surface area contributed by atoms with Gasteiger partial charge in [0.25, 0.3) is 0 Å². The molecule has 0 aliphatic heterocycles. The first-order valence-electron chi connectivity index (χ1n) is 4.17. The van der Waals surface area contributed by atoms with E-state index in [1.165, 1.54) is 28.2 Å². The molecule has 0 spiro atoms. The van der Waals surface area contributed by atoms with E-state index in [9.17, 15) is 9.90 Å². The van der Waals surface area contributed by atoms with E-state index in [0.29, 0.717) is 14.0 Å². The molecule has 0 saturated heterocycles. The Balaban J connectivity index is 0.00000144. The van der Waals surface area contributed by atoms with Crippen molar-refractivity contribution in [2.75, 3.05) is 0 Å². The van der Waals surface area contributed by atoms with E-state index in [1.54, 1.807) is 12.1 Å². The molecule has 2 aromatic rings. The zero-order valence-electron chi connectivity index (χ0n) is 9.75. The van der Waals surface area contributed by atoms with Crippen LogP contribution >= 0.6 is 23.6 Å². The summed E-state index contributed by atoms with van der Waals surface area (Å²) in [6.07, 6.45) is 0. The molecule has 82 valence electrons. The molecule has 0 N–H and O–H groups in total. The summed E-state index contributed by atoms with van der Waals surface area (Å²) in [5.41, 5.74) is 0.798. The summed E-state index contributed by atoms with van der Waals surface area (Å²) in [4.78, 5) is 10.6. The number of aromatic carboxylic acids is 1. The van der Waals surface area contributed by atoms with Crippen molar-refractivity contribution in [3.63, 3.8) is 0 Å². The number of carbonyl (C=O) groups is 1. The van der Waals surface area contributed by atoms with Crippen LogP contribution in [0.15, 0.2) is 28.6 Å². The number of nitrogens with zero attached hydrogens (tertiary/aromatic N) is 2. The summed E-state index contributed by atoms with van der Waals surface area (Å²) < 4.78 is 2.49. The number of hydrogen-bond acceptors (Lipinski definition) is 6. The molecule has 9 heteroatoms. The maximum Gasteiger partial charge on any atom is 1.00 e. The number of benzene rings is 1.